The molecular weight excluding hydrogens is 244 g/mol. The summed E-state index contributed by atoms with van der Waals surface area (Å²) in [5.74, 6) is -0.926. The predicted octanol–water partition coefficient (Wildman–Crippen LogP) is 1.39. The van der Waals surface area contributed by atoms with Gasteiger partial charge < -0.3 is 15.7 Å². The number of nitrogens with one attached hydrogen (secondary N) is 2. The monoisotopic (exact) mass is 262 g/mol. The van der Waals surface area contributed by atoms with Crippen LogP contribution in [0.1, 0.15) is 24.8 Å². The Balaban J connectivity index is 1.97. The van der Waals surface area contributed by atoms with Crippen molar-refractivity contribution in [2.45, 2.75) is 31.7 Å². The molecule has 1 aliphatic rings. The third-order valence-electron chi connectivity index (χ3n) is 3.18. The molecule has 2 rings (SSSR count). The molecule has 0 bridgehead atoms. The Morgan fingerprint density at radius 2 is 2.21 bits per heavy atom. The standard InChI is InChI=1S/C14H18N2O3/c17-13(18)9-10-4-3-5-11(8-10)16-14(19)12-6-1-2-7-15-12/h3-5,8,12,15H,1-2,6-7,9H2,(H,16,19)(H,17,18)/t12-/m0/s1. The van der Waals surface area contributed by atoms with Crippen LogP contribution in [0, 0.1) is 0 Å². The number of benzene rings is 1. The van der Waals surface area contributed by atoms with Crippen LogP contribution in [0.4, 0.5) is 5.69 Å². The van der Waals surface area contributed by atoms with E-state index >= 15 is 0 Å². The lowest BCUT2D eigenvalue weighted by atomic mass is 10.0. The molecule has 0 aliphatic carbocycles. The predicted molar refractivity (Wildman–Crippen MR) is 72.1 cm³/mol. The van der Waals surface area contributed by atoms with Gasteiger partial charge in [-0.25, -0.2) is 0 Å². The number of anilines is 1. The highest BCUT2D eigenvalue weighted by Gasteiger charge is 2.20. The molecule has 19 heavy (non-hydrogen) atoms. The van der Waals surface area contributed by atoms with Crippen molar-refractivity contribution in [2.24, 2.45) is 0 Å². The average Bonchev–Trinajstić information content (AvgIpc) is 2.39. The first-order valence-corrected chi connectivity index (χ1v) is 6.50. The molecule has 0 unspecified atom stereocenters. The number of piperidine rings is 1. The van der Waals surface area contributed by atoms with Gasteiger partial charge in [-0.3, -0.25) is 9.59 Å². The van der Waals surface area contributed by atoms with E-state index in [-0.39, 0.29) is 18.4 Å². The van der Waals surface area contributed by atoms with Gasteiger partial charge in [-0.15, -0.1) is 0 Å². The highest BCUT2D eigenvalue weighted by Crippen LogP contribution is 2.14. The van der Waals surface area contributed by atoms with Gasteiger partial charge in [0.05, 0.1) is 12.5 Å². The van der Waals surface area contributed by atoms with Crippen molar-refractivity contribution >= 4 is 17.6 Å². The van der Waals surface area contributed by atoms with Crippen LogP contribution in [-0.4, -0.2) is 29.6 Å². The first-order valence-electron chi connectivity index (χ1n) is 6.50. The summed E-state index contributed by atoms with van der Waals surface area (Å²) < 4.78 is 0. The van der Waals surface area contributed by atoms with Crippen LogP contribution in [0.3, 0.4) is 0 Å². The van der Waals surface area contributed by atoms with Gasteiger partial charge in [0.2, 0.25) is 5.91 Å². The normalized spacial score (nSPS) is 18.8. The Labute approximate surface area is 112 Å². The maximum Gasteiger partial charge on any atom is 0.307 e. The maximum absolute atomic E-state index is 12.0. The summed E-state index contributed by atoms with van der Waals surface area (Å²) in [5.41, 5.74) is 1.33. The van der Waals surface area contributed by atoms with E-state index in [2.05, 4.69) is 10.6 Å². The molecule has 5 nitrogen and oxygen atoms in total. The van der Waals surface area contributed by atoms with Crippen LogP contribution in [0.5, 0.6) is 0 Å². The van der Waals surface area contributed by atoms with E-state index in [4.69, 9.17) is 5.11 Å². The number of carboxylic acids is 1. The summed E-state index contributed by atoms with van der Waals surface area (Å²) >= 11 is 0. The second-order valence-corrected chi connectivity index (χ2v) is 4.76. The highest BCUT2D eigenvalue weighted by atomic mass is 16.4. The number of hydrogen-bond donors (Lipinski definition) is 3. The van der Waals surface area contributed by atoms with Gasteiger partial charge in [-0.1, -0.05) is 18.6 Å². The molecule has 1 saturated heterocycles. The SMILES string of the molecule is O=C(O)Cc1cccc(NC(=O)[C@@H]2CCCCN2)c1. The molecule has 102 valence electrons. The van der Waals surface area contributed by atoms with Gasteiger partial charge >= 0.3 is 5.97 Å². The van der Waals surface area contributed by atoms with Gasteiger partial charge in [-0.05, 0) is 37.1 Å². The zero-order valence-corrected chi connectivity index (χ0v) is 10.7. The summed E-state index contributed by atoms with van der Waals surface area (Å²) in [6, 6.07) is 6.82. The molecule has 0 aromatic heterocycles. The Hall–Kier alpha value is -1.88. The molecular formula is C14H18N2O3. The molecule has 5 heteroatoms. The van der Waals surface area contributed by atoms with Crippen LogP contribution in [0.2, 0.25) is 0 Å². The van der Waals surface area contributed by atoms with Gasteiger partial charge in [0.15, 0.2) is 0 Å². The fraction of sp³-hybridized carbons (Fsp3) is 0.429. The fourth-order valence-corrected chi connectivity index (χ4v) is 2.24. The van der Waals surface area contributed by atoms with Crippen LogP contribution < -0.4 is 10.6 Å². The minimum Gasteiger partial charge on any atom is -0.481 e. The van der Waals surface area contributed by atoms with Crippen LogP contribution in [0.25, 0.3) is 0 Å². The number of amides is 1. The summed E-state index contributed by atoms with van der Waals surface area (Å²) in [6.45, 7) is 0.872. The first-order chi connectivity index (χ1) is 9.15. The Bertz CT molecular complexity index is 468. The Morgan fingerprint density at radius 1 is 1.37 bits per heavy atom. The van der Waals surface area contributed by atoms with Gasteiger partial charge in [0.25, 0.3) is 0 Å². The molecule has 0 saturated carbocycles. The average molecular weight is 262 g/mol. The Kier molecular flexibility index (Phi) is 4.52. The van der Waals surface area contributed by atoms with E-state index in [0.29, 0.717) is 11.3 Å². The summed E-state index contributed by atoms with van der Waals surface area (Å²) in [5, 5.41) is 14.8. The van der Waals surface area contributed by atoms with Crippen molar-refractivity contribution in [3.05, 3.63) is 29.8 Å². The molecule has 1 fully saturated rings. The molecule has 1 aromatic carbocycles. The molecule has 0 radical (unpaired) electrons. The van der Waals surface area contributed by atoms with Gasteiger partial charge in [0.1, 0.15) is 0 Å². The van der Waals surface area contributed by atoms with Crippen molar-refractivity contribution < 1.29 is 14.7 Å². The van der Waals surface area contributed by atoms with Crippen molar-refractivity contribution in [1.82, 2.24) is 5.32 Å². The molecule has 1 atom stereocenters. The van der Waals surface area contributed by atoms with E-state index in [9.17, 15) is 9.59 Å². The highest BCUT2D eigenvalue weighted by molar-refractivity contribution is 5.95. The number of hydrogen-bond acceptors (Lipinski definition) is 3. The summed E-state index contributed by atoms with van der Waals surface area (Å²) in [7, 11) is 0. The second-order valence-electron chi connectivity index (χ2n) is 4.76. The lowest BCUT2D eigenvalue weighted by molar-refractivity contribution is -0.136. The van der Waals surface area contributed by atoms with Crippen molar-refractivity contribution in [1.29, 1.82) is 0 Å². The summed E-state index contributed by atoms with van der Waals surface area (Å²) in [6.07, 6.45) is 2.98. The second kappa shape index (κ2) is 6.33. The lowest BCUT2D eigenvalue weighted by Crippen LogP contribution is -2.43. The quantitative estimate of drug-likeness (QED) is 0.766. The molecule has 1 aromatic rings. The zero-order valence-electron chi connectivity index (χ0n) is 10.7. The van der Waals surface area contributed by atoms with Crippen molar-refractivity contribution in [3.8, 4) is 0 Å². The minimum absolute atomic E-state index is 0.0363. The minimum atomic E-state index is -0.877. The lowest BCUT2D eigenvalue weighted by Gasteiger charge is -2.22. The number of carbonyl (C=O) groups is 2. The van der Waals surface area contributed by atoms with E-state index in [1.807, 2.05) is 0 Å². The number of aliphatic carboxylic acids is 1. The molecule has 0 spiro atoms. The van der Waals surface area contributed by atoms with Crippen molar-refractivity contribution in [3.63, 3.8) is 0 Å². The van der Waals surface area contributed by atoms with Crippen LogP contribution in [0.15, 0.2) is 24.3 Å². The zero-order chi connectivity index (χ0) is 13.7. The smallest absolute Gasteiger partial charge is 0.307 e. The van der Waals surface area contributed by atoms with E-state index in [1.54, 1.807) is 24.3 Å². The van der Waals surface area contributed by atoms with Gasteiger partial charge in [0, 0.05) is 5.69 Å². The first kappa shape index (κ1) is 13.5. The Morgan fingerprint density at radius 3 is 2.89 bits per heavy atom. The van der Waals surface area contributed by atoms with Crippen molar-refractivity contribution in [2.75, 3.05) is 11.9 Å². The number of carboxylic acid groups (broad SMARTS) is 1. The van der Waals surface area contributed by atoms with E-state index < -0.39 is 5.97 Å². The molecule has 1 aliphatic heterocycles. The number of rotatable bonds is 4. The maximum atomic E-state index is 12.0. The van der Waals surface area contributed by atoms with Crippen LogP contribution in [-0.2, 0) is 16.0 Å². The third-order valence-corrected chi connectivity index (χ3v) is 3.18. The molecule has 3 N–H and O–H groups in total. The number of carbonyl (C=O) groups excluding carboxylic acids is 1. The van der Waals surface area contributed by atoms with Gasteiger partial charge in [-0.2, -0.15) is 0 Å². The summed E-state index contributed by atoms with van der Waals surface area (Å²) in [4.78, 5) is 22.7. The molecule has 1 amide bonds. The third kappa shape index (κ3) is 4.06. The van der Waals surface area contributed by atoms with E-state index in [1.165, 1.54) is 0 Å². The van der Waals surface area contributed by atoms with Crippen LogP contribution >= 0.6 is 0 Å². The topological polar surface area (TPSA) is 78.4 Å². The fourth-order valence-electron chi connectivity index (χ4n) is 2.24. The molecule has 1 heterocycles. The van der Waals surface area contributed by atoms with E-state index in [0.717, 1.165) is 25.8 Å². The largest absolute Gasteiger partial charge is 0.481 e.